The number of nitrogens with two attached hydrogens (primary N) is 1. The number of benzene rings is 1. The highest BCUT2D eigenvalue weighted by Crippen LogP contribution is 2.33. The maximum absolute atomic E-state index is 14.0. The van der Waals surface area contributed by atoms with Crippen molar-refractivity contribution in [2.75, 3.05) is 13.6 Å². The van der Waals surface area contributed by atoms with Gasteiger partial charge < -0.3 is 4.90 Å². The number of rotatable bonds is 4. The Morgan fingerprint density at radius 1 is 1.53 bits per heavy atom. The van der Waals surface area contributed by atoms with E-state index in [-0.39, 0.29) is 11.7 Å². The number of amides is 1. The van der Waals surface area contributed by atoms with Gasteiger partial charge in [0.2, 0.25) is 0 Å². The zero-order valence-corrected chi connectivity index (χ0v) is 11.7. The molecule has 1 aromatic heterocycles. The van der Waals surface area contributed by atoms with E-state index in [1.807, 2.05) is 24.9 Å². The maximum atomic E-state index is 14.0. The first-order valence-electron chi connectivity index (χ1n) is 5.97. The van der Waals surface area contributed by atoms with E-state index < -0.39 is 0 Å². The van der Waals surface area contributed by atoms with Crippen molar-refractivity contribution in [3.8, 4) is 0 Å². The van der Waals surface area contributed by atoms with Crippen molar-refractivity contribution >= 4 is 27.3 Å². The number of halogens is 1. The molecule has 2 aromatic rings. The van der Waals surface area contributed by atoms with Crippen LogP contribution >= 0.6 is 11.3 Å². The van der Waals surface area contributed by atoms with Crippen molar-refractivity contribution in [2.45, 2.75) is 13.5 Å². The Bertz CT molecular complexity index is 611. The van der Waals surface area contributed by atoms with Gasteiger partial charge in [-0.3, -0.25) is 10.2 Å². The second-order valence-corrected chi connectivity index (χ2v) is 5.38. The molecule has 0 fully saturated rings. The number of carbonyl (C=O) groups excluding carboxylic acids is 1. The van der Waals surface area contributed by atoms with Crippen LogP contribution in [0.5, 0.6) is 0 Å². The van der Waals surface area contributed by atoms with Crippen LogP contribution in [0.2, 0.25) is 0 Å². The van der Waals surface area contributed by atoms with Crippen molar-refractivity contribution in [2.24, 2.45) is 5.84 Å². The van der Waals surface area contributed by atoms with E-state index in [2.05, 4.69) is 5.43 Å². The fraction of sp³-hybridized carbons (Fsp3) is 0.308. The standard InChI is InChI=1S/C13H16FN3OS/c1-3-17(2)7-8-11-9(14)5-4-6-10(11)19-12(8)13(18)16-15/h4-6H,3,7,15H2,1-2H3,(H,16,18). The summed E-state index contributed by atoms with van der Waals surface area (Å²) in [6.45, 7) is 3.34. The minimum absolute atomic E-state index is 0.302. The molecule has 0 aliphatic carbocycles. The highest BCUT2D eigenvalue weighted by atomic mass is 32.1. The van der Waals surface area contributed by atoms with Crippen LogP contribution in [-0.4, -0.2) is 24.4 Å². The van der Waals surface area contributed by atoms with Crippen LogP contribution in [0.4, 0.5) is 4.39 Å². The summed E-state index contributed by atoms with van der Waals surface area (Å²) in [6.07, 6.45) is 0. The Labute approximate surface area is 115 Å². The van der Waals surface area contributed by atoms with Gasteiger partial charge in [0.25, 0.3) is 5.91 Å². The van der Waals surface area contributed by atoms with E-state index in [0.29, 0.717) is 22.4 Å². The van der Waals surface area contributed by atoms with E-state index >= 15 is 0 Å². The van der Waals surface area contributed by atoms with Gasteiger partial charge in [-0.2, -0.15) is 0 Å². The van der Waals surface area contributed by atoms with E-state index in [1.54, 1.807) is 6.07 Å². The van der Waals surface area contributed by atoms with E-state index in [1.165, 1.54) is 17.4 Å². The molecule has 1 amide bonds. The van der Waals surface area contributed by atoms with Gasteiger partial charge in [-0.05, 0) is 25.7 Å². The Morgan fingerprint density at radius 2 is 2.26 bits per heavy atom. The quantitative estimate of drug-likeness (QED) is 0.512. The molecule has 102 valence electrons. The summed E-state index contributed by atoms with van der Waals surface area (Å²) < 4.78 is 14.8. The van der Waals surface area contributed by atoms with E-state index in [4.69, 9.17) is 5.84 Å². The molecule has 3 N–H and O–H groups in total. The first-order chi connectivity index (χ1) is 9.08. The van der Waals surface area contributed by atoms with Gasteiger partial charge in [0, 0.05) is 22.2 Å². The SMILES string of the molecule is CCN(C)Cc1c(C(=O)NN)sc2cccc(F)c12. The first kappa shape index (κ1) is 13.9. The molecule has 4 nitrogen and oxygen atoms in total. The third kappa shape index (κ3) is 2.60. The second kappa shape index (κ2) is 5.64. The molecule has 0 saturated heterocycles. The number of hydrogen-bond donors (Lipinski definition) is 2. The fourth-order valence-corrected chi connectivity index (χ4v) is 3.08. The molecule has 1 aromatic carbocycles. The van der Waals surface area contributed by atoms with E-state index in [0.717, 1.165) is 11.2 Å². The van der Waals surface area contributed by atoms with Crippen LogP contribution in [-0.2, 0) is 6.54 Å². The molecule has 0 saturated carbocycles. The molecule has 2 rings (SSSR count). The lowest BCUT2D eigenvalue weighted by molar-refractivity contribution is 0.0956. The molecule has 1 heterocycles. The summed E-state index contributed by atoms with van der Waals surface area (Å²) in [5.41, 5.74) is 2.82. The van der Waals surface area contributed by atoms with Crippen LogP contribution in [0.1, 0.15) is 22.2 Å². The molecule has 0 spiro atoms. The zero-order chi connectivity index (χ0) is 14.0. The Kier molecular flexibility index (Phi) is 4.14. The van der Waals surface area contributed by atoms with E-state index in [9.17, 15) is 9.18 Å². The predicted molar refractivity (Wildman–Crippen MR) is 75.4 cm³/mol. The summed E-state index contributed by atoms with van der Waals surface area (Å²) in [5.74, 6) is 4.52. The molecule has 0 bridgehead atoms. The van der Waals surface area contributed by atoms with Gasteiger partial charge >= 0.3 is 0 Å². The Balaban J connectivity index is 2.63. The van der Waals surface area contributed by atoms with Crippen LogP contribution in [0, 0.1) is 5.82 Å². The monoisotopic (exact) mass is 281 g/mol. The maximum Gasteiger partial charge on any atom is 0.275 e. The Morgan fingerprint density at radius 3 is 2.89 bits per heavy atom. The van der Waals surface area contributed by atoms with Crippen LogP contribution in [0.25, 0.3) is 10.1 Å². The van der Waals surface area contributed by atoms with Crippen molar-refractivity contribution < 1.29 is 9.18 Å². The lowest BCUT2D eigenvalue weighted by atomic mass is 10.1. The molecular weight excluding hydrogens is 265 g/mol. The van der Waals surface area contributed by atoms with Gasteiger partial charge in [-0.1, -0.05) is 13.0 Å². The minimum atomic E-state index is -0.375. The summed E-state index contributed by atoms with van der Waals surface area (Å²) in [5, 5.41) is 0.520. The minimum Gasteiger partial charge on any atom is -0.302 e. The molecule has 6 heteroatoms. The molecule has 0 aliphatic rings. The van der Waals surface area contributed by atoms with Gasteiger partial charge in [-0.25, -0.2) is 10.2 Å². The number of nitrogens with one attached hydrogen (secondary N) is 1. The summed E-state index contributed by atoms with van der Waals surface area (Å²) >= 11 is 1.26. The third-order valence-electron chi connectivity index (χ3n) is 3.07. The summed E-state index contributed by atoms with van der Waals surface area (Å²) in [6, 6.07) is 4.87. The molecule has 0 unspecified atom stereocenters. The number of hydrogen-bond acceptors (Lipinski definition) is 4. The molecule has 0 atom stereocenters. The lowest BCUT2D eigenvalue weighted by Crippen LogP contribution is -2.30. The Hall–Kier alpha value is -1.50. The third-order valence-corrected chi connectivity index (χ3v) is 4.26. The first-order valence-corrected chi connectivity index (χ1v) is 6.79. The average Bonchev–Trinajstić information content (AvgIpc) is 2.78. The average molecular weight is 281 g/mol. The number of thiophene rings is 1. The predicted octanol–water partition coefficient (Wildman–Crippen LogP) is 2.10. The van der Waals surface area contributed by atoms with Crippen molar-refractivity contribution in [3.63, 3.8) is 0 Å². The van der Waals surface area contributed by atoms with Gasteiger partial charge in [0.15, 0.2) is 0 Å². The molecular formula is C13H16FN3OS. The van der Waals surface area contributed by atoms with Crippen LogP contribution < -0.4 is 11.3 Å². The largest absolute Gasteiger partial charge is 0.302 e. The van der Waals surface area contributed by atoms with Crippen LogP contribution in [0.15, 0.2) is 18.2 Å². The highest BCUT2D eigenvalue weighted by Gasteiger charge is 2.20. The van der Waals surface area contributed by atoms with Gasteiger partial charge in [0.05, 0.1) is 4.88 Å². The van der Waals surface area contributed by atoms with Crippen LogP contribution in [0.3, 0.4) is 0 Å². The van der Waals surface area contributed by atoms with Gasteiger partial charge in [-0.15, -0.1) is 11.3 Å². The molecule has 0 aliphatic heterocycles. The topological polar surface area (TPSA) is 58.4 Å². The highest BCUT2D eigenvalue weighted by molar-refractivity contribution is 7.21. The molecule has 0 radical (unpaired) electrons. The fourth-order valence-electron chi connectivity index (χ4n) is 1.95. The van der Waals surface area contributed by atoms with Crippen molar-refractivity contribution in [1.82, 2.24) is 10.3 Å². The summed E-state index contributed by atoms with van der Waals surface area (Å²) in [4.78, 5) is 14.3. The number of fused-ring (bicyclic) bond motifs is 1. The van der Waals surface area contributed by atoms with Crippen molar-refractivity contribution in [1.29, 1.82) is 0 Å². The zero-order valence-electron chi connectivity index (χ0n) is 10.9. The smallest absolute Gasteiger partial charge is 0.275 e. The van der Waals surface area contributed by atoms with Crippen molar-refractivity contribution in [3.05, 3.63) is 34.5 Å². The number of hydrazine groups is 1. The normalized spacial score (nSPS) is 11.2. The second-order valence-electron chi connectivity index (χ2n) is 4.33. The summed E-state index contributed by atoms with van der Waals surface area (Å²) in [7, 11) is 1.93. The molecule has 19 heavy (non-hydrogen) atoms. The number of carbonyl (C=O) groups is 1. The lowest BCUT2D eigenvalue weighted by Gasteiger charge is -2.14. The number of nitrogens with zero attached hydrogens (tertiary/aromatic N) is 1. The number of nitrogen functional groups attached to an aromatic ring is 1. The van der Waals surface area contributed by atoms with Gasteiger partial charge in [0.1, 0.15) is 5.82 Å².